The van der Waals surface area contributed by atoms with E-state index in [1.807, 2.05) is 13.0 Å². The topological polar surface area (TPSA) is 9.23 Å². The fraction of sp³-hybridized carbons (Fsp3) is 0.714. The molecule has 0 radical (unpaired) electrons. The van der Waals surface area contributed by atoms with E-state index in [2.05, 4.69) is 6.92 Å². The van der Waals surface area contributed by atoms with Crippen LogP contribution in [0.3, 0.4) is 0 Å². The Labute approximate surface area is 150 Å². The largest absolute Gasteiger partial charge is 0.491 e. The Morgan fingerprint density at radius 3 is 2.17 bits per heavy atom. The van der Waals surface area contributed by atoms with Crippen LogP contribution in [-0.2, 0) is 0 Å². The van der Waals surface area contributed by atoms with Gasteiger partial charge in [0, 0.05) is 0 Å². The van der Waals surface area contributed by atoms with Gasteiger partial charge in [0.1, 0.15) is 0 Å². The third kappa shape index (κ3) is 3.90. The summed E-state index contributed by atoms with van der Waals surface area (Å²) in [7, 11) is 0. The van der Waals surface area contributed by atoms with Gasteiger partial charge in [-0.15, -0.1) is 0 Å². The lowest BCUT2D eigenvalue weighted by Crippen LogP contribution is -2.24. The van der Waals surface area contributed by atoms with E-state index in [9.17, 15) is 4.39 Å². The van der Waals surface area contributed by atoms with Crippen LogP contribution in [0.5, 0.6) is 5.75 Å². The molecule has 24 heavy (non-hydrogen) atoms. The highest BCUT2D eigenvalue weighted by molar-refractivity contribution is 6.31. The summed E-state index contributed by atoms with van der Waals surface area (Å²) in [4.78, 5) is 0. The molecule has 2 saturated carbocycles. The molecule has 0 amide bonds. The summed E-state index contributed by atoms with van der Waals surface area (Å²) in [5, 5.41) is 0.274. The monoisotopic (exact) mass is 352 g/mol. The summed E-state index contributed by atoms with van der Waals surface area (Å²) < 4.78 is 19.7. The number of hydrogen-bond acceptors (Lipinski definition) is 1. The molecule has 0 N–H and O–H groups in total. The van der Waals surface area contributed by atoms with Gasteiger partial charge in [0.15, 0.2) is 11.6 Å². The lowest BCUT2D eigenvalue weighted by Gasteiger charge is -2.37. The normalized spacial score (nSPS) is 31.0. The highest BCUT2D eigenvalue weighted by Gasteiger charge is 2.31. The lowest BCUT2D eigenvalue weighted by atomic mass is 9.68. The molecule has 2 aliphatic carbocycles. The number of halogens is 2. The zero-order valence-corrected chi connectivity index (χ0v) is 15.7. The van der Waals surface area contributed by atoms with Crippen LogP contribution in [0.1, 0.15) is 76.7 Å². The second kappa shape index (κ2) is 8.08. The predicted molar refractivity (Wildman–Crippen MR) is 98.4 cm³/mol. The first-order chi connectivity index (χ1) is 11.6. The van der Waals surface area contributed by atoms with Crippen LogP contribution in [0.4, 0.5) is 4.39 Å². The van der Waals surface area contributed by atoms with Gasteiger partial charge in [-0.3, -0.25) is 0 Å². The molecule has 0 saturated heterocycles. The highest BCUT2D eigenvalue weighted by Crippen LogP contribution is 2.45. The van der Waals surface area contributed by atoms with Crippen molar-refractivity contribution in [1.29, 1.82) is 0 Å². The van der Waals surface area contributed by atoms with Crippen molar-refractivity contribution >= 4 is 11.6 Å². The average molecular weight is 353 g/mol. The molecule has 0 unspecified atom stereocenters. The van der Waals surface area contributed by atoms with E-state index < -0.39 is 0 Å². The van der Waals surface area contributed by atoms with Crippen molar-refractivity contribution in [2.75, 3.05) is 6.61 Å². The quantitative estimate of drug-likeness (QED) is 0.568. The molecular formula is C21H30ClFO. The Morgan fingerprint density at radius 1 is 1.00 bits per heavy atom. The molecule has 3 heteroatoms. The summed E-state index contributed by atoms with van der Waals surface area (Å²) in [5.41, 5.74) is 0.980. The second-order valence-corrected chi connectivity index (χ2v) is 8.22. The van der Waals surface area contributed by atoms with Crippen molar-refractivity contribution in [2.24, 2.45) is 17.8 Å². The molecule has 0 bridgehead atoms. The van der Waals surface area contributed by atoms with Crippen LogP contribution < -0.4 is 4.74 Å². The van der Waals surface area contributed by atoms with Gasteiger partial charge in [-0.25, -0.2) is 4.39 Å². The van der Waals surface area contributed by atoms with Crippen molar-refractivity contribution < 1.29 is 9.13 Å². The molecule has 0 aliphatic heterocycles. The van der Waals surface area contributed by atoms with Crippen LogP contribution in [0.25, 0.3) is 0 Å². The van der Waals surface area contributed by atoms with Crippen LogP contribution in [-0.4, -0.2) is 6.61 Å². The zero-order chi connectivity index (χ0) is 17.1. The smallest absolute Gasteiger partial charge is 0.183 e. The maximum Gasteiger partial charge on any atom is 0.183 e. The summed E-state index contributed by atoms with van der Waals surface area (Å²) in [6.45, 7) is 4.70. The van der Waals surface area contributed by atoms with Crippen LogP contribution >= 0.6 is 11.6 Å². The summed E-state index contributed by atoms with van der Waals surface area (Å²) in [6.07, 6.45) is 10.5. The Balaban J connectivity index is 1.61. The van der Waals surface area contributed by atoms with Crippen molar-refractivity contribution in [3.05, 3.63) is 28.5 Å². The first-order valence-corrected chi connectivity index (χ1v) is 10.1. The lowest BCUT2D eigenvalue weighted by molar-refractivity contribution is 0.165. The first-order valence-electron chi connectivity index (χ1n) is 9.70. The molecule has 1 aromatic carbocycles. The van der Waals surface area contributed by atoms with Crippen molar-refractivity contribution in [3.8, 4) is 5.75 Å². The van der Waals surface area contributed by atoms with Crippen LogP contribution in [0.15, 0.2) is 12.1 Å². The molecule has 2 aliphatic rings. The number of benzene rings is 1. The minimum atomic E-state index is -0.389. The van der Waals surface area contributed by atoms with Crippen molar-refractivity contribution in [2.45, 2.75) is 71.1 Å². The third-order valence-electron chi connectivity index (χ3n) is 6.32. The third-order valence-corrected chi connectivity index (χ3v) is 6.70. The van der Waals surface area contributed by atoms with Gasteiger partial charge in [0.05, 0.1) is 11.6 Å². The maximum atomic E-state index is 14.4. The van der Waals surface area contributed by atoms with Gasteiger partial charge in [-0.2, -0.15) is 0 Å². The maximum absolute atomic E-state index is 14.4. The second-order valence-electron chi connectivity index (χ2n) is 7.85. The zero-order valence-electron chi connectivity index (χ0n) is 15.0. The number of hydrogen-bond donors (Lipinski definition) is 0. The van der Waals surface area contributed by atoms with E-state index >= 15 is 0 Å². The van der Waals surface area contributed by atoms with Crippen LogP contribution in [0.2, 0.25) is 5.02 Å². The molecule has 0 atom stereocenters. The first kappa shape index (κ1) is 18.0. The summed E-state index contributed by atoms with van der Waals surface area (Å²) in [6, 6.07) is 3.72. The Bertz CT molecular complexity index is 543. The average Bonchev–Trinajstić information content (AvgIpc) is 2.60. The number of rotatable bonds is 4. The van der Waals surface area contributed by atoms with E-state index in [0.717, 1.165) is 36.2 Å². The molecule has 1 nitrogen and oxygen atoms in total. The van der Waals surface area contributed by atoms with E-state index in [1.165, 1.54) is 38.5 Å². The minimum absolute atomic E-state index is 0.274. The van der Waals surface area contributed by atoms with Crippen LogP contribution in [0, 0.1) is 23.6 Å². The van der Waals surface area contributed by atoms with Crippen molar-refractivity contribution in [1.82, 2.24) is 0 Å². The minimum Gasteiger partial charge on any atom is -0.491 e. The Morgan fingerprint density at radius 2 is 1.58 bits per heavy atom. The molecule has 1 aromatic rings. The fourth-order valence-corrected chi connectivity index (χ4v) is 5.10. The van der Waals surface area contributed by atoms with Gasteiger partial charge in [-0.05, 0) is 80.8 Å². The van der Waals surface area contributed by atoms with Gasteiger partial charge in [-0.1, -0.05) is 37.4 Å². The Kier molecular flexibility index (Phi) is 6.07. The van der Waals surface area contributed by atoms with E-state index in [4.69, 9.17) is 16.3 Å². The molecule has 134 valence electrons. The van der Waals surface area contributed by atoms with Gasteiger partial charge in [0.2, 0.25) is 0 Å². The Hall–Kier alpha value is -0.760. The van der Waals surface area contributed by atoms with Crippen molar-refractivity contribution in [3.63, 3.8) is 0 Å². The van der Waals surface area contributed by atoms with Gasteiger partial charge < -0.3 is 4.74 Å². The van der Waals surface area contributed by atoms with Gasteiger partial charge in [0.25, 0.3) is 0 Å². The standard InChI is InChI=1S/C21H30ClFO/c1-3-24-19-13-12-18(20(22)21(19)23)17-10-8-16(9-11-17)15-6-4-14(2)5-7-15/h12-17H,3-11H2,1-2H3. The molecular weight excluding hydrogens is 323 g/mol. The van der Waals surface area contributed by atoms with E-state index in [1.54, 1.807) is 6.07 Å². The molecule has 3 rings (SSSR count). The molecule has 0 aromatic heterocycles. The molecule has 0 spiro atoms. The fourth-order valence-electron chi connectivity index (χ4n) is 4.79. The van der Waals surface area contributed by atoms with E-state index in [0.29, 0.717) is 12.5 Å². The summed E-state index contributed by atoms with van der Waals surface area (Å²) >= 11 is 6.31. The molecule has 0 heterocycles. The number of ether oxygens (including phenoxy) is 1. The highest BCUT2D eigenvalue weighted by atomic mass is 35.5. The predicted octanol–water partition coefficient (Wildman–Crippen LogP) is 6.98. The SMILES string of the molecule is CCOc1ccc(C2CCC(C3CCC(C)CC3)CC2)c(Cl)c1F. The summed E-state index contributed by atoms with van der Waals surface area (Å²) in [5.74, 6) is 3.01. The van der Waals surface area contributed by atoms with E-state index in [-0.39, 0.29) is 16.6 Å². The van der Waals surface area contributed by atoms with Gasteiger partial charge >= 0.3 is 0 Å². The molecule has 2 fully saturated rings.